The lowest BCUT2D eigenvalue weighted by Crippen LogP contribution is -2.31. The summed E-state index contributed by atoms with van der Waals surface area (Å²) >= 11 is 5.97. The number of carbonyl (C=O) groups is 2. The number of amides is 2. The van der Waals surface area contributed by atoms with E-state index in [0.717, 1.165) is 4.57 Å². The zero-order valence-corrected chi connectivity index (χ0v) is 16.8. The van der Waals surface area contributed by atoms with Crippen LogP contribution in [-0.2, 0) is 17.5 Å². The van der Waals surface area contributed by atoms with Crippen LogP contribution in [0, 0.1) is 0 Å². The molecule has 0 radical (unpaired) electrons. The number of nitrogens with zero attached hydrogens (tertiary/aromatic N) is 2. The topological polar surface area (TPSA) is 76.0 Å². The van der Waals surface area contributed by atoms with Crippen molar-refractivity contribution in [3.8, 4) is 0 Å². The van der Waals surface area contributed by atoms with E-state index in [2.05, 4.69) is 15.6 Å². The minimum absolute atomic E-state index is 0.101. The summed E-state index contributed by atoms with van der Waals surface area (Å²) in [7, 11) is 0. The molecule has 0 atom stereocenters. The fourth-order valence-corrected chi connectivity index (χ4v) is 3.12. The Hall–Kier alpha value is -3.07. The molecule has 3 rings (SSSR count). The zero-order chi connectivity index (χ0) is 22.1. The van der Waals surface area contributed by atoms with Crippen LogP contribution in [0.25, 0.3) is 11.0 Å². The molecule has 2 N–H and O–H groups in total. The Labute approximate surface area is 175 Å². The van der Waals surface area contributed by atoms with Gasteiger partial charge >= 0.3 is 6.18 Å². The van der Waals surface area contributed by atoms with E-state index in [-0.39, 0.29) is 33.3 Å². The summed E-state index contributed by atoms with van der Waals surface area (Å²) in [5.74, 6) is -2.38. The number of hydrogen-bond acceptors (Lipinski definition) is 3. The van der Waals surface area contributed by atoms with Crippen LogP contribution in [0.2, 0.25) is 5.02 Å². The van der Waals surface area contributed by atoms with Gasteiger partial charge in [0.1, 0.15) is 6.54 Å². The number of para-hydroxylation sites is 2. The molecule has 0 saturated heterocycles. The summed E-state index contributed by atoms with van der Waals surface area (Å²) in [6.45, 7) is 2.90. The third-order valence-corrected chi connectivity index (χ3v) is 4.37. The third-order valence-electron chi connectivity index (χ3n) is 4.13. The molecule has 3 aromatic rings. The van der Waals surface area contributed by atoms with Gasteiger partial charge in [0.15, 0.2) is 0 Å². The minimum atomic E-state index is -4.74. The molecular weight excluding hydrogens is 421 g/mol. The number of alkyl halides is 3. The van der Waals surface area contributed by atoms with Gasteiger partial charge in [-0.05, 0) is 44.2 Å². The Morgan fingerprint density at radius 2 is 1.87 bits per heavy atom. The van der Waals surface area contributed by atoms with Crippen molar-refractivity contribution >= 4 is 40.1 Å². The van der Waals surface area contributed by atoms with E-state index in [1.54, 1.807) is 26.0 Å². The van der Waals surface area contributed by atoms with Gasteiger partial charge in [0.25, 0.3) is 5.91 Å². The number of nitrogens with one attached hydrogen (secondary N) is 2. The van der Waals surface area contributed by atoms with Crippen molar-refractivity contribution < 1.29 is 22.8 Å². The number of carbonyl (C=O) groups excluding carboxylic acids is 2. The molecular formula is C20H18ClF3N4O2. The molecule has 30 heavy (non-hydrogen) atoms. The summed E-state index contributed by atoms with van der Waals surface area (Å²) in [4.78, 5) is 28.6. The first-order valence-electron chi connectivity index (χ1n) is 8.99. The molecule has 0 saturated carbocycles. The number of rotatable bonds is 5. The maximum atomic E-state index is 13.4. The van der Waals surface area contributed by atoms with Gasteiger partial charge in [0.05, 0.1) is 22.3 Å². The van der Waals surface area contributed by atoms with E-state index in [0.29, 0.717) is 0 Å². The first kappa shape index (κ1) is 21.6. The van der Waals surface area contributed by atoms with Crippen LogP contribution >= 0.6 is 11.6 Å². The first-order chi connectivity index (χ1) is 14.1. The van der Waals surface area contributed by atoms with Crippen molar-refractivity contribution in [2.45, 2.75) is 32.6 Å². The molecule has 0 fully saturated rings. The number of anilines is 1. The van der Waals surface area contributed by atoms with Crippen molar-refractivity contribution in [3.63, 3.8) is 0 Å². The summed E-state index contributed by atoms with van der Waals surface area (Å²) in [6, 6.07) is 10.1. The maximum absolute atomic E-state index is 13.4. The summed E-state index contributed by atoms with van der Waals surface area (Å²) in [5.41, 5.74) is 0.540. The Balaban J connectivity index is 1.92. The molecule has 0 aliphatic rings. The normalized spacial score (nSPS) is 11.7. The Morgan fingerprint density at radius 1 is 1.17 bits per heavy atom. The van der Waals surface area contributed by atoms with Crippen molar-refractivity contribution in [3.05, 3.63) is 58.9 Å². The average Bonchev–Trinajstić information content (AvgIpc) is 3.00. The molecule has 6 nitrogen and oxygen atoms in total. The zero-order valence-electron chi connectivity index (χ0n) is 16.0. The van der Waals surface area contributed by atoms with Crippen LogP contribution in [0.4, 0.5) is 18.9 Å². The number of aromatic nitrogens is 2. The highest BCUT2D eigenvalue weighted by Crippen LogP contribution is 2.31. The van der Waals surface area contributed by atoms with Gasteiger partial charge in [-0.3, -0.25) is 9.59 Å². The van der Waals surface area contributed by atoms with Crippen molar-refractivity contribution in [2.24, 2.45) is 0 Å². The van der Waals surface area contributed by atoms with E-state index >= 15 is 0 Å². The van der Waals surface area contributed by atoms with Gasteiger partial charge in [0, 0.05) is 11.1 Å². The molecule has 1 heterocycles. The van der Waals surface area contributed by atoms with Crippen LogP contribution in [0.15, 0.2) is 42.5 Å². The largest absolute Gasteiger partial charge is 0.449 e. The quantitative estimate of drug-likeness (QED) is 0.616. The maximum Gasteiger partial charge on any atom is 0.449 e. The molecule has 10 heteroatoms. The highest BCUT2D eigenvalue weighted by molar-refractivity contribution is 6.31. The second-order valence-corrected chi connectivity index (χ2v) is 7.31. The molecule has 0 spiro atoms. The molecule has 0 aliphatic carbocycles. The van der Waals surface area contributed by atoms with Crippen molar-refractivity contribution in [2.75, 3.05) is 5.32 Å². The fourth-order valence-electron chi connectivity index (χ4n) is 2.94. The number of halogens is 4. The fraction of sp³-hybridized carbons (Fsp3) is 0.250. The molecule has 2 amide bonds. The lowest BCUT2D eigenvalue weighted by atomic mass is 10.1. The monoisotopic (exact) mass is 438 g/mol. The van der Waals surface area contributed by atoms with Gasteiger partial charge in [-0.25, -0.2) is 4.98 Å². The summed E-state index contributed by atoms with van der Waals surface area (Å²) < 4.78 is 41.1. The van der Waals surface area contributed by atoms with Gasteiger partial charge in [-0.15, -0.1) is 0 Å². The van der Waals surface area contributed by atoms with Crippen LogP contribution in [-0.4, -0.2) is 27.4 Å². The van der Waals surface area contributed by atoms with Gasteiger partial charge in [-0.1, -0.05) is 23.7 Å². The van der Waals surface area contributed by atoms with E-state index in [9.17, 15) is 22.8 Å². The minimum Gasteiger partial charge on any atom is -0.350 e. The molecule has 1 aromatic heterocycles. The summed E-state index contributed by atoms with van der Waals surface area (Å²) in [6.07, 6.45) is -4.74. The average molecular weight is 439 g/mol. The van der Waals surface area contributed by atoms with Crippen LogP contribution in [0.5, 0.6) is 0 Å². The van der Waals surface area contributed by atoms with Crippen molar-refractivity contribution in [1.29, 1.82) is 0 Å². The van der Waals surface area contributed by atoms with Crippen molar-refractivity contribution in [1.82, 2.24) is 14.9 Å². The molecule has 2 aromatic carbocycles. The van der Waals surface area contributed by atoms with Gasteiger partial charge < -0.3 is 15.2 Å². The summed E-state index contributed by atoms with van der Waals surface area (Å²) in [5, 5.41) is 5.44. The molecule has 158 valence electrons. The van der Waals surface area contributed by atoms with E-state index in [4.69, 9.17) is 11.6 Å². The predicted molar refractivity (Wildman–Crippen MR) is 107 cm³/mol. The van der Waals surface area contributed by atoms with Crippen LogP contribution in [0.1, 0.15) is 30.0 Å². The van der Waals surface area contributed by atoms with Gasteiger partial charge in [-0.2, -0.15) is 13.2 Å². The predicted octanol–water partition coefficient (Wildman–Crippen LogP) is 4.49. The highest BCUT2D eigenvalue weighted by Gasteiger charge is 2.38. The molecule has 0 aliphatic heterocycles. The number of fused-ring (bicyclic) bond motifs is 1. The lowest BCUT2D eigenvalue weighted by molar-refractivity contribution is -0.147. The second kappa shape index (κ2) is 8.35. The number of hydrogen-bond donors (Lipinski definition) is 2. The Morgan fingerprint density at radius 3 is 2.53 bits per heavy atom. The standard InChI is InChI=1S/C20H18ClF3N4O2/c1-11(2)25-18(30)13-8-7-12(21)9-15(13)26-17(29)10-28-16-6-4-3-5-14(16)27-19(28)20(22,23)24/h3-9,11H,10H2,1-2H3,(H,25,30)(H,26,29). The van der Waals surface area contributed by atoms with Crippen LogP contribution < -0.4 is 10.6 Å². The third kappa shape index (κ3) is 4.73. The number of benzene rings is 2. The first-order valence-corrected chi connectivity index (χ1v) is 9.37. The van der Waals surface area contributed by atoms with E-state index in [1.807, 2.05) is 0 Å². The lowest BCUT2D eigenvalue weighted by Gasteiger charge is -2.15. The highest BCUT2D eigenvalue weighted by atomic mass is 35.5. The van der Waals surface area contributed by atoms with E-state index in [1.165, 1.54) is 30.3 Å². The van der Waals surface area contributed by atoms with Gasteiger partial charge in [0.2, 0.25) is 11.7 Å². The molecule has 0 bridgehead atoms. The number of imidazole rings is 1. The van der Waals surface area contributed by atoms with Crippen LogP contribution in [0.3, 0.4) is 0 Å². The Kier molecular flexibility index (Phi) is 6.02. The van der Waals surface area contributed by atoms with E-state index < -0.39 is 30.4 Å². The smallest absolute Gasteiger partial charge is 0.350 e. The molecule has 0 unspecified atom stereocenters. The Bertz CT molecular complexity index is 1110. The SMILES string of the molecule is CC(C)NC(=O)c1ccc(Cl)cc1NC(=O)Cn1c(C(F)(F)F)nc2ccccc21. The second-order valence-electron chi connectivity index (χ2n) is 6.87.